The first-order valence-electron chi connectivity index (χ1n) is 7.29. The number of nitrogens with one attached hydrogen (secondary N) is 1. The summed E-state index contributed by atoms with van der Waals surface area (Å²) in [5.74, 6) is 0.630. The molecule has 4 nitrogen and oxygen atoms in total. The molecule has 0 radical (unpaired) electrons. The first-order valence-corrected chi connectivity index (χ1v) is 7.29. The van der Waals surface area contributed by atoms with Crippen LogP contribution in [0.5, 0.6) is 0 Å². The van der Waals surface area contributed by atoms with Crippen molar-refractivity contribution in [1.29, 1.82) is 5.26 Å². The molecular formula is C16H19N3O. The molecule has 0 saturated carbocycles. The van der Waals surface area contributed by atoms with E-state index < -0.39 is 0 Å². The molecule has 1 aliphatic carbocycles. The molecule has 0 bridgehead atoms. The molecule has 1 N–H and O–H groups in total. The minimum absolute atomic E-state index is 0.206. The molecule has 104 valence electrons. The van der Waals surface area contributed by atoms with E-state index in [1.165, 1.54) is 11.1 Å². The fraction of sp³-hybridized carbons (Fsp3) is 0.500. The monoisotopic (exact) mass is 269 g/mol. The number of amides is 1. The molecule has 1 saturated heterocycles. The van der Waals surface area contributed by atoms with Crippen LogP contribution in [0.2, 0.25) is 0 Å². The maximum atomic E-state index is 11.9. The van der Waals surface area contributed by atoms with Crippen LogP contribution in [0, 0.1) is 11.3 Å². The van der Waals surface area contributed by atoms with Gasteiger partial charge in [0.05, 0.1) is 18.2 Å². The number of carbonyl (C=O) groups is 1. The highest BCUT2D eigenvalue weighted by molar-refractivity contribution is 5.79. The lowest BCUT2D eigenvalue weighted by Crippen LogP contribution is -2.49. The quantitative estimate of drug-likeness (QED) is 0.883. The lowest BCUT2D eigenvalue weighted by Gasteiger charge is -2.33. The van der Waals surface area contributed by atoms with Crippen LogP contribution in [0.3, 0.4) is 0 Å². The van der Waals surface area contributed by atoms with Gasteiger partial charge >= 0.3 is 0 Å². The molecule has 0 spiro atoms. The van der Waals surface area contributed by atoms with Crippen molar-refractivity contribution < 1.29 is 4.79 Å². The molecule has 1 fully saturated rings. The maximum Gasteiger partial charge on any atom is 0.236 e. The molecule has 1 aromatic carbocycles. The molecule has 20 heavy (non-hydrogen) atoms. The van der Waals surface area contributed by atoms with E-state index in [9.17, 15) is 4.79 Å². The molecule has 0 aromatic heterocycles. The third-order valence-corrected chi connectivity index (χ3v) is 4.34. The highest BCUT2D eigenvalue weighted by Gasteiger charge is 2.26. The number of nitrogens with zero attached hydrogens (tertiary/aromatic N) is 2. The van der Waals surface area contributed by atoms with Crippen molar-refractivity contribution >= 4 is 5.91 Å². The zero-order valence-corrected chi connectivity index (χ0v) is 11.6. The van der Waals surface area contributed by atoms with Gasteiger partial charge in [-0.3, -0.25) is 4.79 Å². The Labute approximate surface area is 119 Å². The topological polar surface area (TPSA) is 56.1 Å². The molecule has 2 aliphatic rings. The lowest BCUT2D eigenvalue weighted by molar-refractivity contribution is -0.132. The lowest BCUT2D eigenvalue weighted by atomic mass is 9.81. The summed E-state index contributed by atoms with van der Waals surface area (Å²) in [6, 6.07) is 8.21. The predicted molar refractivity (Wildman–Crippen MR) is 76.3 cm³/mol. The number of nitriles is 1. The first kappa shape index (κ1) is 13.1. The van der Waals surface area contributed by atoms with Gasteiger partial charge in [-0.25, -0.2) is 0 Å². The SMILES string of the molecule is N#Cc1ccc2c(c1)CCCC2CN1CCNCC1=O. The van der Waals surface area contributed by atoms with Crippen LogP contribution in [-0.2, 0) is 11.2 Å². The van der Waals surface area contributed by atoms with Crippen molar-refractivity contribution in [2.45, 2.75) is 25.2 Å². The average Bonchev–Trinajstić information content (AvgIpc) is 2.49. The molecule has 1 aliphatic heterocycles. The van der Waals surface area contributed by atoms with Crippen molar-refractivity contribution in [1.82, 2.24) is 10.2 Å². The summed E-state index contributed by atoms with van der Waals surface area (Å²) in [5, 5.41) is 12.1. The average molecular weight is 269 g/mol. The van der Waals surface area contributed by atoms with Crippen LogP contribution >= 0.6 is 0 Å². The Morgan fingerprint density at radius 2 is 2.35 bits per heavy atom. The van der Waals surface area contributed by atoms with Crippen molar-refractivity contribution in [2.75, 3.05) is 26.2 Å². The second kappa shape index (κ2) is 5.64. The van der Waals surface area contributed by atoms with Gasteiger partial charge in [0.1, 0.15) is 0 Å². The summed E-state index contributed by atoms with van der Waals surface area (Å²) >= 11 is 0. The standard InChI is InChI=1S/C16H19N3O/c17-9-12-4-5-15-13(8-12)2-1-3-14(15)11-19-7-6-18-10-16(19)20/h4-5,8,14,18H,1-3,6-7,10-11H2. The van der Waals surface area contributed by atoms with Gasteiger partial charge in [0.2, 0.25) is 5.91 Å². The molecule has 1 atom stereocenters. The third kappa shape index (κ3) is 2.54. The van der Waals surface area contributed by atoms with Gasteiger partial charge in [-0.05, 0) is 42.5 Å². The largest absolute Gasteiger partial charge is 0.340 e. The van der Waals surface area contributed by atoms with Crippen LogP contribution in [0.4, 0.5) is 0 Å². The number of piperazine rings is 1. The van der Waals surface area contributed by atoms with Gasteiger partial charge in [-0.15, -0.1) is 0 Å². The first-order chi connectivity index (χ1) is 9.78. The highest BCUT2D eigenvalue weighted by Crippen LogP contribution is 2.32. The number of benzene rings is 1. The molecule has 3 rings (SSSR count). The number of hydrogen-bond donors (Lipinski definition) is 1. The van der Waals surface area contributed by atoms with E-state index in [0.717, 1.165) is 44.5 Å². The summed E-state index contributed by atoms with van der Waals surface area (Å²) in [6.07, 6.45) is 3.33. The second-order valence-corrected chi connectivity index (χ2v) is 5.63. The minimum atomic E-state index is 0.206. The molecule has 1 amide bonds. The van der Waals surface area contributed by atoms with Crippen molar-refractivity contribution in [3.05, 3.63) is 34.9 Å². The molecule has 4 heteroatoms. The Morgan fingerprint density at radius 3 is 3.15 bits per heavy atom. The Kier molecular flexibility index (Phi) is 3.70. The van der Waals surface area contributed by atoms with E-state index in [-0.39, 0.29) is 5.91 Å². The van der Waals surface area contributed by atoms with Crippen molar-refractivity contribution in [3.63, 3.8) is 0 Å². The molecule has 1 aromatic rings. The summed E-state index contributed by atoms with van der Waals surface area (Å²) in [4.78, 5) is 13.9. The summed E-state index contributed by atoms with van der Waals surface area (Å²) in [5.41, 5.74) is 3.37. The number of fused-ring (bicyclic) bond motifs is 1. The minimum Gasteiger partial charge on any atom is -0.340 e. The van der Waals surface area contributed by atoms with E-state index in [2.05, 4.69) is 17.5 Å². The molecule has 1 unspecified atom stereocenters. The van der Waals surface area contributed by atoms with Crippen LogP contribution in [0.15, 0.2) is 18.2 Å². The van der Waals surface area contributed by atoms with Gasteiger partial charge in [0.15, 0.2) is 0 Å². The Morgan fingerprint density at radius 1 is 1.45 bits per heavy atom. The summed E-state index contributed by atoms with van der Waals surface area (Å²) < 4.78 is 0. The Hall–Kier alpha value is -1.86. The van der Waals surface area contributed by atoms with Crippen molar-refractivity contribution in [3.8, 4) is 6.07 Å². The van der Waals surface area contributed by atoms with Gasteiger partial charge in [0, 0.05) is 25.6 Å². The molecular weight excluding hydrogens is 250 g/mol. The van der Waals surface area contributed by atoms with Crippen LogP contribution < -0.4 is 5.32 Å². The van der Waals surface area contributed by atoms with Crippen LogP contribution in [-0.4, -0.2) is 37.0 Å². The van der Waals surface area contributed by atoms with E-state index in [1.54, 1.807) is 0 Å². The smallest absolute Gasteiger partial charge is 0.236 e. The normalized spacial score (nSPS) is 22.2. The summed E-state index contributed by atoms with van der Waals surface area (Å²) in [6.45, 7) is 2.98. The van der Waals surface area contributed by atoms with Gasteiger partial charge in [-0.1, -0.05) is 6.07 Å². The van der Waals surface area contributed by atoms with E-state index in [4.69, 9.17) is 5.26 Å². The predicted octanol–water partition coefficient (Wildman–Crippen LogP) is 1.41. The van der Waals surface area contributed by atoms with E-state index in [1.807, 2.05) is 17.0 Å². The Bertz CT molecular complexity index is 561. The zero-order chi connectivity index (χ0) is 13.9. The fourth-order valence-corrected chi connectivity index (χ4v) is 3.28. The van der Waals surface area contributed by atoms with E-state index in [0.29, 0.717) is 12.5 Å². The van der Waals surface area contributed by atoms with E-state index >= 15 is 0 Å². The van der Waals surface area contributed by atoms with Crippen LogP contribution in [0.1, 0.15) is 35.4 Å². The number of hydrogen-bond acceptors (Lipinski definition) is 3. The Balaban J connectivity index is 1.79. The summed E-state index contributed by atoms with van der Waals surface area (Å²) in [7, 11) is 0. The third-order valence-electron chi connectivity index (χ3n) is 4.34. The number of carbonyl (C=O) groups excluding carboxylic acids is 1. The zero-order valence-electron chi connectivity index (χ0n) is 11.6. The molecule has 1 heterocycles. The van der Waals surface area contributed by atoms with Crippen molar-refractivity contribution in [2.24, 2.45) is 0 Å². The number of aryl methyl sites for hydroxylation is 1. The maximum absolute atomic E-state index is 11.9. The fourth-order valence-electron chi connectivity index (χ4n) is 3.28. The highest BCUT2D eigenvalue weighted by atomic mass is 16.2. The van der Waals surface area contributed by atoms with Crippen LogP contribution in [0.25, 0.3) is 0 Å². The number of rotatable bonds is 2. The van der Waals surface area contributed by atoms with Gasteiger partial charge in [-0.2, -0.15) is 5.26 Å². The van der Waals surface area contributed by atoms with Gasteiger partial charge < -0.3 is 10.2 Å². The second-order valence-electron chi connectivity index (χ2n) is 5.63. The van der Waals surface area contributed by atoms with Gasteiger partial charge in [0.25, 0.3) is 0 Å².